The predicted octanol–water partition coefficient (Wildman–Crippen LogP) is 2.88. The van der Waals surface area contributed by atoms with E-state index < -0.39 is 34.4 Å². The van der Waals surface area contributed by atoms with Crippen LogP contribution >= 0.6 is 0 Å². The molecule has 0 saturated heterocycles. The Hall–Kier alpha value is -0.790. The molecule has 4 unspecified atom stereocenters. The van der Waals surface area contributed by atoms with Crippen molar-refractivity contribution in [2.75, 3.05) is 0 Å². The van der Waals surface area contributed by atoms with Crippen LogP contribution in [-0.4, -0.2) is 60.3 Å². The van der Waals surface area contributed by atoms with E-state index in [-0.39, 0.29) is 35.4 Å². The lowest BCUT2D eigenvalue weighted by Crippen LogP contribution is -2.62. The van der Waals surface area contributed by atoms with Crippen LogP contribution in [0.15, 0.2) is 11.6 Å². The van der Waals surface area contributed by atoms with Crippen LogP contribution in [0.25, 0.3) is 0 Å². The summed E-state index contributed by atoms with van der Waals surface area (Å²) in [6.45, 7) is 9.22. The quantitative estimate of drug-likeness (QED) is 0.427. The van der Waals surface area contributed by atoms with Gasteiger partial charge in [-0.1, -0.05) is 13.8 Å². The van der Waals surface area contributed by atoms with Crippen LogP contribution in [0.4, 0.5) is 0 Å². The molecule has 0 aromatic carbocycles. The maximum Gasteiger partial charge on any atom is 0.159 e. The Balaban J connectivity index is 1.65. The number of aliphatic hydroxyl groups excluding tert-OH is 2. The van der Waals surface area contributed by atoms with Crippen molar-refractivity contribution in [3.8, 4) is 0 Å². The average molecular weight is 465 g/mol. The molecule has 3 saturated carbocycles. The zero-order valence-electron chi connectivity index (χ0n) is 21.0. The number of allylic oxidation sites excluding steroid dienone is 1. The summed E-state index contributed by atoms with van der Waals surface area (Å²) in [6, 6.07) is 0. The number of rotatable bonds is 5. The Morgan fingerprint density at radius 1 is 1.06 bits per heavy atom. The molecule has 6 heteroatoms. The first-order valence-electron chi connectivity index (χ1n) is 12.9. The van der Waals surface area contributed by atoms with Crippen LogP contribution < -0.4 is 0 Å². The van der Waals surface area contributed by atoms with Crippen molar-refractivity contribution in [3.05, 3.63) is 11.6 Å². The van der Waals surface area contributed by atoms with Crippen LogP contribution in [-0.2, 0) is 4.79 Å². The first-order valence-corrected chi connectivity index (χ1v) is 12.9. The fourth-order valence-corrected chi connectivity index (χ4v) is 8.27. The van der Waals surface area contributed by atoms with Gasteiger partial charge in [-0.3, -0.25) is 4.79 Å². The van der Waals surface area contributed by atoms with E-state index >= 15 is 0 Å². The molecule has 0 aromatic heterocycles. The van der Waals surface area contributed by atoms with Crippen molar-refractivity contribution in [1.29, 1.82) is 0 Å². The Morgan fingerprint density at radius 2 is 1.73 bits per heavy atom. The molecule has 188 valence electrons. The molecule has 0 amide bonds. The second-order valence-electron chi connectivity index (χ2n) is 13.0. The molecule has 6 nitrogen and oxygen atoms in total. The monoisotopic (exact) mass is 464 g/mol. The topological polar surface area (TPSA) is 118 Å². The predicted molar refractivity (Wildman–Crippen MR) is 125 cm³/mol. The van der Waals surface area contributed by atoms with Gasteiger partial charge in [0.1, 0.15) is 0 Å². The Kier molecular flexibility index (Phi) is 6.03. The summed E-state index contributed by atoms with van der Waals surface area (Å²) >= 11 is 0. The third-order valence-electron chi connectivity index (χ3n) is 10.5. The zero-order valence-corrected chi connectivity index (χ0v) is 21.0. The van der Waals surface area contributed by atoms with E-state index in [2.05, 4.69) is 6.92 Å². The molecule has 0 radical (unpaired) electrons. The maximum absolute atomic E-state index is 13.2. The summed E-state index contributed by atoms with van der Waals surface area (Å²) in [5, 5.41) is 55.0. The van der Waals surface area contributed by atoms with Crippen molar-refractivity contribution >= 4 is 5.78 Å². The summed E-state index contributed by atoms with van der Waals surface area (Å²) in [6.07, 6.45) is 5.38. The summed E-state index contributed by atoms with van der Waals surface area (Å²) in [7, 11) is 0. The van der Waals surface area contributed by atoms with Gasteiger partial charge in [0.2, 0.25) is 0 Å². The van der Waals surface area contributed by atoms with Gasteiger partial charge in [-0.2, -0.15) is 0 Å². The zero-order chi connectivity index (χ0) is 24.6. The molecule has 33 heavy (non-hydrogen) atoms. The molecule has 0 bridgehead atoms. The summed E-state index contributed by atoms with van der Waals surface area (Å²) in [5.41, 5.74) is -3.64. The molecule has 4 aliphatic rings. The smallest absolute Gasteiger partial charge is 0.159 e. The molecule has 3 fully saturated rings. The first kappa shape index (κ1) is 25.3. The molecule has 0 aromatic rings. The number of carbonyl (C=O) groups is 1. The second-order valence-corrected chi connectivity index (χ2v) is 13.0. The Morgan fingerprint density at radius 3 is 2.36 bits per heavy atom. The normalized spacial score (nSPS) is 46.0. The molecule has 9 atom stereocenters. The van der Waals surface area contributed by atoms with Crippen molar-refractivity contribution in [2.45, 2.75) is 121 Å². The summed E-state index contributed by atoms with van der Waals surface area (Å²) in [5.74, 6) is -0.426. The number of carbonyl (C=O) groups excluding carboxylic acids is 1. The van der Waals surface area contributed by atoms with E-state index in [0.29, 0.717) is 38.5 Å². The fourth-order valence-electron chi connectivity index (χ4n) is 8.27. The fraction of sp³-hybridized carbons (Fsp3) is 0.889. The Labute approximate surface area is 198 Å². The van der Waals surface area contributed by atoms with Gasteiger partial charge in [0.15, 0.2) is 5.78 Å². The van der Waals surface area contributed by atoms with E-state index in [9.17, 15) is 30.3 Å². The third kappa shape index (κ3) is 3.76. The summed E-state index contributed by atoms with van der Waals surface area (Å²) < 4.78 is 0. The van der Waals surface area contributed by atoms with E-state index in [0.717, 1.165) is 18.4 Å². The van der Waals surface area contributed by atoms with Gasteiger partial charge in [-0.15, -0.1) is 0 Å². The minimum Gasteiger partial charge on any atom is -0.393 e. The minimum atomic E-state index is -1.42. The molecular weight excluding hydrogens is 420 g/mol. The highest BCUT2D eigenvalue weighted by Gasteiger charge is 2.68. The number of fused-ring (bicyclic) bond motifs is 5. The van der Waals surface area contributed by atoms with E-state index in [1.54, 1.807) is 26.8 Å². The van der Waals surface area contributed by atoms with Crippen LogP contribution in [0.5, 0.6) is 0 Å². The minimum absolute atomic E-state index is 0.0144. The van der Waals surface area contributed by atoms with E-state index in [1.165, 1.54) is 0 Å². The molecule has 0 heterocycles. The highest BCUT2D eigenvalue weighted by molar-refractivity contribution is 5.95. The maximum atomic E-state index is 13.2. The van der Waals surface area contributed by atoms with Gasteiger partial charge < -0.3 is 25.5 Å². The van der Waals surface area contributed by atoms with Crippen LogP contribution in [0.1, 0.15) is 92.4 Å². The van der Waals surface area contributed by atoms with Crippen molar-refractivity contribution in [3.63, 3.8) is 0 Å². The number of ketones is 1. The van der Waals surface area contributed by atoms with Crippen molar-refractivity contribution < 1.29 is 30.3 Å². The second kappa shape index (κ2) is 7.86. The molecule has 4 aliphatic carbocycles. The van der Waals surface area contributed by atoms with Crippen molar-refractivity contribution in [1.82, 2.24) is 0 Å². The van der Waals surface area contributed by atoms with Gasteiger partial charge in [0.05, 0.1) is 29.0 Å². The van der Waals surface area contributed by atoms with Gasteiger partial charge in [-0.25, -0.2) is 0 Å². The lowest BCUT2D eigenvalue weighted by Gasteiger charge is -2.60. The highest BCUT2D eigenvalue weighted by atomic mass is 16.3. The summed E-state index contributed by atoms with van der Waals surface area (Å²) in [4.78, 5) is 13.2. The molecule has 5 N–H and O–H groups in total. The van der Waals surface area contributed by atoms with Gasteiger partial charge in [0, 0.05) is 11.3 Å². The van der Waals surface area contributed by atoms with Crippen LogP contribution in [0.3, 0.4) is 0 Å². The molecule has 0 aliphatic heterocycles. The average Bonchev–Trinajstić information content (AvgIpc) is 2.99. The van der Waals surface area contributed by atoms with Gasteiger partial charge in [0.25, 0.3) is 0 Å². The highest BCUT2D eigenvalue weighted by Crippen LogP contribution is 2.68. The van der Waals surface area contributed by atoms with Crippen LogP contribution in [0.2, 0.25) is 0 Å². The SMILES string of the molecule is CC(C)(O)CCC(O)[C@](C)(O)[C@H]1CCC2(O)C3=CC(=O)C4CC(O)CC[C@]4(C)[C@H]3CC[C@]12C. The largest absolute Gasteiger partial charge is 0.393 e. The van der Waals surface area contributed by atoms with Gasteiger partial charge in [-0.05, 0) is 107 Å². The molecular formula is C27H44O6. The third-order valence-corrected chi connectivity index (χ3v) is 10.5. The van der Waals surface area contributed by atoms with E-state index in [4.69, 9.17) is 0 Å². The standard InChI is InChI=1S/C27H44O6/c1-23(2,31)10-9-22(30)26(5,32)21-8-13-27(33)18-15-20(29)19-14-16(28)6-11-24(19,3)17(18)7-12-25(21,27)4/h15-17,19,21-22,28,30-33H,6-14H2,1-5H3/t16?,17-,19?,21-,22?,24+,25+,26+,27?/m0/s1. The Bertz CT molecular complexity index is 827. The first-order chi connectivity index (χ1) is 15.1. The van der Waals surface area contributed by atoms with Crippen molar-refractivity contribution in [2.24, 2.45) is 28.6 Å². The molecule has 0 spiro atoms. The lowest BCUT2D eigenvalue weighted by atomic mass is 9.46. The molecule has 4 rings (SSSR count). The number of aliphatic hydroxyl groups is 5. The number of hydrogen-bond donors (Lipinski definition) is 5. The number of hydrogen-bond acceptors (Lipinski definition) is 6. The van der Waals surface area contributed by atoms with Gasteiger partial charge >= 0.3 is 0 Å². The van der Waals surface area contributed by atoms with Crippen LogP contribution in [0, 0.1) is 28.6 Å². The lowest BCUT2D eigenvalue weighted by molar-refractivity contribution is -0.172. The van der Waals surface area contributed by atoms with E-state index in [1.807, 2.05) is 6.92 Å².